The third-order valence-electron chi connectivity index (χ3n) is 2.33. The molecule has 84 valence electrons. The Morgan fingerprint density at radius 1 is 0.812 bits per heavy atom. The van der Waals surface area contributed by atoms with Gasteiger partial charge in [-0.1, -0.05) is 73.7 Å². The van der Waals surface area contributed by atoms with E-state index in [1.165, 1.54) is 5.56 Å². The quantitative estimate of drug-likeness (QED) is 0.807. The van der Waals surface area contributed by atoms with Crippen LogP contribution in [0.1, 0.15) is 24.9 Å². The molecule has 1 nitrogen and oxygen atoms in total. The molecule has 1 heteroatoms. The monoisotopic (exact) mass is 213 g/mol. The normalized spacial score (nSPS) is 11.1. The molecule has 1 unspecified atom stereocenters. The van der Waals surface area contributed by atoms with Crippen LogP contribution in [-0.2, 0) is 0 Å². The fourth-order valence-electron chi connectivity index (χ4n) is 1.32. The molecule has 0 saturated heterocycles. The van der Waals surface area contributed by atoms with Crippen molar-refractivity contribution in [2.45, 2.75) is 19.4 Å². The molecule has 0 aliphatic carbocycles. The first-order chi connectivity index (χ1) is 7.84. The zero-order valence-corrected chi connectivity index (χ0v) is 9.71. The van der Waals surface area contributed by atoms with Gasteiger partial charge in [-0.3, -0.25) is 0 Å². The van der Waals surface area contributed by atoms with E-state index in [1.807, 2.05) is 54.6 Å². The molecule has 2 rings (SSSR count). The van der Waals surface area contributed by atoms with Crippen LogP contribution in [0.4, 0.5) is 0 Å². The second-order valence-electron chi connectivity index (χ2n) is 3.58. The van der Waals surface area contributed by atoms with Gasteiger partial charge >= 0.3 is 0 Å². The minimum atomic E-state index is 0.209. The van der Waals surface area contributed by atoms with Gasteiger partial charge in [0.05, 0.1) is 0 Å². The second kappa shape index (κ2) is 7.66. The predicted molar refractivity (Wildman–Crippen MR) is 70.1 cm³/mol. The van der Waals surface area contributed by atoms with Crippen LogP contribution in [-0.4, -0.2) is 0 Å². The van der Waals surface area contributed by atoms with Crippen molar-refractivity contribution in [3.05, 3.63) is 72.3 Å². The van der Waals surface area contributed by atoms with E-state index >= 15 is 0 Å². The Morgan fingerprint density at radius 3 is 1.56 bits per heavy atom. The molecule has 0 spiro atoms. The van der Waals surface area contributed by atoms with Crippen molar-refractivity contribution in [1.29, 1.82) is 0 Å². The van der Waals surface area contributed by atoms with Crippen molar-refractivity contribution >= 4 is 0 Å². The summed E-state index contributed by atoms with van der Waals surface area (Å²) in [5.74, 6) is 0. The van der Waals surface area contributed by atoms with Crippen molar-refractivity contribution in [2.24, 2.45) is 5.73 Å². The Kier molecular flexibility index (Phi) is 5.97. The number of nitrogens with two attached hydrogens (primary N) is 1. The molecule has 0 aliphatic heterocycles. The molecule has 2 aromatic carbocycles. The lowest BCUT2D eigenvalue weighted by Gasteiger charge is -2.06. The fourth-order valence-corrected chi connectivity index (χ4v) is 1.32. The number of rotatable bonds is 2. The van der Waals surface area contributed by atoms with E-state index in [2.05, 4.69) is 19.1 Å². The zero-order chi connectivity index (χ0) is 11.6. The van der Waals surface area contributed by atoms with E-state index in [4.69, 9.17) is 5.73 Å². The minimum absolute atomic E-state index is 0.209. The van der Waals surface area contributed by atoms with Gasteiger partial charge in [0.2, 0.25) is 0 Å². The van der Waals surface area contributed by atoms with Crippen molar-refractivity contribution < 1.29 is 0 Å². The van der Waals surface area contributed by atoms with E-state index in [1.54, 1.807) is 0 Å². The molecule has 16 heavy (non-hydrogen) atoms. The highest BCUT2D eigenvalue weighted by Gasteiger charge is 1.99. The van der Waals surface area contributed by atoms with Gasteiger partial charge in [-0.15, -0.1) is 0 Å². The number of hydrogen-bond acceptors (Lipinski definition) is 1. The molecule has 0 amide bonds. The predicted octanol–water partition coefficient (Wildman–Crippen LogP) is 3.78. The van der Waals surface area contributed by atoms with Crippen molar-refractivity contribution in [2.75, 3.05) is 0 Å². The summed E-state index contributed by atoms with van der Waals surface area (Å²) in [7, 11) is 0. The molecule has 0 fully saturated rings. The summed E-state index contributed by atoms with van der Waals surface area (Å²) in [4.78, 5) is 0. The van der Waals surface area contributed by atoms with Gasteiger partial charge in [-0.05, 0) is 12.0 Å². The number of benzene rings is 2. The topological polar surface area (TPSA) is 26.0 Å². The van der Waals surface area contributed by atoms with Gasteiger partial charge in [0.25, 0.3) is 0 Å². The maximum absolute atomic E-state index is 5.79. The Bertz CT molecular complexity index is 329. The largest absolute Gasteiger partial charge is 0.324 e. The van der Waals surface area contributed by atoms with E-state index < -0.39 is 0 Å². The van der Waals surface area contributed by atoms with Gasteiger partial charge in [-0.25, -0.2) is 0 Å². The van der Waals surface area contributed by atoms with Crippen molar-refractivity contribution in [3.63, 3.8) is 0 Å². The van der Waals surface area contributed by atoms with Crippen LogP contribution in [0, 0.1) is 0 Å². The molecule has 0 saturated carbocycles. The molecule has 0 bridgehead atoms. The van der Waals surface area contributed by atoms with Gasteiger partial charge in [0.1, 0.15) is 0 Å². The lowest BCUT2D eigenvalue weighted by atomic mass is 10.1. The summed E-state index contributed by atoms with van der Waals surface area (Å²) in [6.45, 7) is 2.09. The van der Waals surface area contributed by atoms with Gasteiger partial charge < -0.3 is 5.73 Å². The molecule has 2 N–H and O–H groups in total. The standard InChI is InChI=1S/C9H13N.C6H6/c1-2-9(10)8-6-4-3-5-7-8;1-2-4-6-5-3-1/h3-7,9H,2,10H2,1H3;1-6H. The van der Waals surface area contributed by atoms with E-state index in [0.717, 1.165) is 6.42 Å². The van der Waals surface area contributed by atoms with Crippen LogP contribution in [0.2, 0.25) is 0 Å². The second-order valence-corrected chi connectivity index (χ2v) is 3.58. The smallest absolute Gasteiger partial charge is 0.0292 e. The first-order valence-electron chi connectivity index (χ1n) is 5.65. The van der Waals surface area contributed by atoms with Crippen LogP contribution in [0.5, 0.6) is 0 Å². The minimum Gasteiger partial charge on any atom is -0.324 e. The van der Waals surface area contributed by atoms with E-state index in [9.17, 15) is 0 Å². The zero-order valence-electron chi connectivity index (χ0n) is 9.71. The van der Waals surface area contributed by atoms with E-state index in [-0.39, 0.29) is 6.04 Å². The van der Waals surface area contributed by atoms with E-state index in [0.29, 0.717) is 0 Å². The van der Waals surface area contributed by atoms with Gasteiger partial charge in [-0.2, -0.15) is 0 Å². The van der Waals surface area contributed by atoms with Crippen molar-refractivity contribution in [3.8, 4) is 0 Å². The lowest BCUT2D eigenvalue weighted by molar-refractivity contribution is 0.699. The summed E-state index contributed by atoms with van der Waals surface area (Å²) in [5, 5.41) is 0. The summed E-state index contributed by atoms with van der Waals surface area (Å²) in [6.07, 6.45) is 1.00. The Hall–Kier alpha value is -1.60. The van der Waals surface area contributed by atoms with Crippen LogP contribution in [0.25, 0.3) is 0 Å². The Balaban J connectivity index is 0.000000181. The van der Waals surface area contributed by atoms with Crippen LogP contribution in [0.15, 0.2) is 66.7 Å². The van der Waals surface area contributed by atoms with Gasteiger partial charge in [0, 0.05) is 6.04 Å². The molecule has 0 heterocycles. The molecule has 0 aliphatic rings. The molecule has 0 radical (unpaired) electrons. The van der Waals surface area contributed by atoms with Crippen LogP contribution < -0.4 is 5.73 Å². The molecular weight excluding hydrogens is 194 g/mol. The highest BCUT2D eigenvalue weighted by atomic mass is 14.6. The average Bonchev–Trinajstić information content (AvgIpc) is 2.41. The maximum atomic E-state index is 5.79. The Morgan fingerprint density at radius 2 is 1.19 bits per heavy atom. The van der Waals surface area contributed by atoms with Crippen LogP contribution >= 0.6 is 0 Å². The average molecular weight is 213 g/mol. The summed E-state index contributed by atoms with van der Waals surface area (Å²) in [6, 6.07) is 22.4. The number of hydrogen-bond donors (Lipinski definition) is 1. The molecule has 0 aromatic heterocycles. The van der Waals surface area contributed by atoms with Crippen molar-refractivity contribution in [1.82, 2.24) is 0 Å². The van der Waals surface area contributed by atoms with Gasteiger partial charge in [0.15, 0.2) is 0 Å². The third-order valence-corrected chi connectivity index (χ3v) is 2.33. The lowest BCUT2D eigenvalue weighted by Crippen LogP contribution is -2.07. The highest BCUT2D eigenvalue weighted by Crippen LogP contribution is 2.11. The molecule has 2 aromatic rings. The highest BCUT2D eigenvalue weighted by molar-refractivity contribution is 5.17. The summed E-state index contributed by atoms with van der Waals surface area (Å²) >= 11 is 0. The molecule has 1 atom stereocenters. The van der Waals surface area contributed by atoms with Crippen LogP contribution in [0.3, 0.4) is 0 Å². The fraction of sp³-hybridized carbons (Fsp3) is 0.200. The molecular formula is C15H19N. The maximum Gasteiger partial charge on any atom is 0.0292 e. The Labute approximate surface area is 97.9 Å². The SMILES string of the molecule is CCC(N)c1ccccc1.c1ccccc1. The third kappa shape index (κ3) is 4.76. The summed E-state index contributed by atoms with van der Waals surface area (Å²) in [5.41, 5.74) is 7.02. The first-order valence-corrected chi connectivity index (χ1v) is 5.65. The summed E-state index contributed by atoms with van der Waals surface area (Å²) < 4.78 is 0. The first kappa shape index (κ1) is 12.5.